The van der Waals surface area contributed by atoms with E-state index in [1.54, 1.807) is 11.9 Å². The van der Waals surface area contributed by atoms with E-state index in [9.17, 15) is 4.79 Å². The lowest BCUT2D eigenvalue weighted by Crippen LogP contribution is -2.27. The molecule has 0 bridgehead atoms. The highest BCUT2D eigenvalue weighted by Gasteiger charge is 2.15. The number of piperidine rings is 1. The fourth-order valence-corrected chi connectivity index (χ4v) is 2.46. The Morgan fingerprint density at radius 1 is 1.46 bits per heavy atom. The third-order valence-corrected chi connectivity index (χ3v) is 3.25. The van der Waals surface area contributed by atoms with Crippen molar-refractivity contribution in [1.29, 1.82) is 0 Å². The predicted molar refractivity (Wildman–Crippen MR) is 57.3 cm³/mol. The standard InChI is InChI=1S/C9H16N2OS/c1-10-7-9(8-12)13-11-5-3-2-4-6-11/h8-9H,1-7H2. The van der Waals surface area contributed by atoms with Gasteiger partial charge in [0.05, 0.1) is 11.8 Å². The Morgan fingerprint density at radius 2 is 2.15 bits per heavy atom. The van der Waals surface area contributed by atoms with Gasteiger partial charge in [0.15, 0.2) is 0 Å². The molecule has 1 saturated heterocycles. The lowest BCUT2D eigenvalue weighted by Gasteiger charge is -2.26. The Hall–Kier alpha value is -0.350. The van der Waals surface area contributed by atoms with Crippen LogP contribution in [0.1, 0.15) is 19.3 Å². The van der Waals surface area contributed by atoms with Crippen LogP contribution in [-0.2, 0) is 4.79 Å². The highest BCUT2D eigenvalue weighted by atomic mass is 32.2. The van der Waals surface area contributed by atoms with Crippen LogP contribution in [0.3, 0.4) is 0 Å². The summed E-state index contributed by atoms with van der Waals surface area (Å²) in [5.74, 6) is 0. The van der Waals surface area contributed by atoms with E-state index in [0.29, 0.717) is 6.54 Å². The highest BCUT2D eigenvalue weighted by molar-refractivity contribution is 7.98. The molecule has 13 heavy (non-hydrogen) atoms. The van der Waals surface area contributed by atoms with Crippen LogP contribution in [-0.4, -0.2) is 42.2 Å². The van der Waals surface area contributed by atoms with Crippen molar-refractivity contribution in [2.45, 2.75) is 24.5 Å². The normalized spacial score (nSPS) is 20.9. The van der Waals surface area contributed by atoms with Crippen molar-refractivity contribution in [3.05, 3.63) is 0 Å². The van der Waals surface area contributed by atoms with Crippen LogP contribution in [0.2, 0.25) is 0 Å². The van der Waals surface area contributed by atoms with Gasteiger partial charge in [-0.15, -0.1) is 0 Å². The van der Waals surface area contributed by atoms with Crippen molar-refractivity contribution in [2.24, 2.45) is 4.99 Å². The molecule has 1 unspecified atom stereocenters. The molecule has 0 aliphatic carbocycles. The van der Waals surface area contributed by atoms with Crippen molar-refractivity contribution in [1.82, 2.24) is 4.31 Å². The van der Waals surface area contributed by atoms with Gasteiger partial charge >= 0.3 is 0 Å². The van der Waals surface area contributed by atoms with Crippen LogP contribution >= 0.6 is 11.9 Å². The number of hydrogen-bond acceptors (Lipinski definition) is 4. The van der Waals surface area contributed by atoms with Gasteiger partial charge in [0.1, 0.15) is 6.29 Å². The van der Waals surface area contributed by atoms with Gasteiger partial charge < -0.3 is 4.79 Å². The SMILES string of the molecule is C=NCC(C=O)SN1CCCCC1. The molecule has 0 aromatic rings. The van der Waals surface area contributed by atoms with E-state index in [0.717, 1.165) is 19.4 Å². The quantitative estimate of drug-likeness (QED) is 0.382. The van der Waals surface area contributed by atoms with E-state index in [2.05, 4.69) is 16.0 Å². The van der Waals surface area contributed by atoms with E-state index in [1.807, 2.05) is 0 Å². The minimum atomic E-state index is -0.0319. The monoisotopic (exact) mass is 200 g/mol. The van der Waals surface area contributed by atoms with Crippen LogP contribution in [0.15, 0.2) is 4.99 Å². The van der Waals surface area contributed by atoms with E-state index in [-0.39, 0.29) is 5.25 Å². The zero-order chi connectivity index (χ0) is 9.52. The minimum Gasteiger partial charge on any atom is -0.302 e. The molecule has 4 heteroatoms. The van der Waals surface area contributed by atoms with Crippen LogP contribution in [0.5, 0.6) is 0 Å². The molecule has 1 rings (SSSR count). The van der Waals surface area contributed by atoms with Crippen molar-refractivity contribution in [3.8, 4) is 0 Å². The molecular formula is C9H16N2OS. The van der Waals surface area contributed by atoms with Gasteiger partial charge in [-0.05, 0) is 19.6 Å². The lowest BCUT2D eigenvalue weighted by molar-refractivity contribution is -0.107. The summed E-state index contributed by atoms with van der Waals surface area (Å²) in [5.41, 5.74) is 0. The van der Waals surface area contributed by atoms with Crippen molar-refractivity contribution in [3.63, 3.8) is 0 Å². The number of rotatable bonds is 5. The first kappa shape index (κ1) is 10.7. The largest absolute Gasteiger partial charge is 0.302 e. The molecule has 1 heterocycles. The average molecular weight is 200 g/mol. The van der Waals surface area contributed by atoms with Crippen molar-refractivity contribution in [2.75, 3.05) is 19.6 Å². The van der Waals surface area contributed by atoms with Gasteiger partial charge in [-0.1, -0.05) is 18.4 Å². The maximum Gasteiger partial charge on any atom is 0.136 e. The van der Waals surface area contributed by atoms with Gasteiger partial charge in [0.2, 0.25) is 0 Å². The van der Waals surface area contributed by atoms with Crippen LogP contribution < -0.4 is 0 Å². The summed E-state index contributed by atoms with van der Waals surface area (Å²) in [5, 5.41) is -0.0319. The fourth-order valence-electron chi connectivity index (χ4n) is 1.39. The predicted octanol–water partition coefficient (Wildman–Crippen LogP) is 1.39. The Morgan fingerprint density at radius 3 is 2.69 bits per heavy atom. The first-order valence-electron chi connectivity index (χ1n) is 4.66. The number of nitrogens with zero attached hydrogens (tertiary/aromatic N) is 2. The van der Waals surface area contributed by atoms with E-state index in [4.69, 9.17) is 0 Å². The molecule has 1 fully saturated rings. The first-order chi connectivity index (χ1) is 6.36. The van der Waals surface area contributed by atoms with Gasteiger partial charge in [-0.2, -0.15) is 0 Å². The molecule has 0 spiro atoms. The van der Waals surface area contributed by atoms with Crippen LogP contribution in [0.25, 0.3) is 0 Å². The zero-order valence-corrected chi connectivity index (χ0v) is 8.63. The Kier molecular flexibility index (Phi) is 5.08. The second-order valence-corrected chi connectivity index (χ2v) is 4.51. The Bertz CT molecular complexity index is 169. The fraction of sp³-hybridized carbons (Fsp3) is 0.778. The number of aldehydes is 1. The average Bonchev–Trinajstić information content (AvgIpc) is 2.19. The molecule has 74 valence electrons. The second-order valence-electron chi connectivity index (χ2n) is 3.18. The summed E-state index contributed by atoms with van der Waals surface area (Å²) in [6.45, 7) is 6.14. The second kappa shape index (κ2) is 6.16. The van der Waals surface area contributed by atoms with Gasteiger partial charge in [-0.3, -0.25) is 4.99 Å². The van der Waals surface area contributed by atoms with Gasteiger partial charge in [-0.25, -0.2) is 4.31 Å². The number of carbonyl (C=O) groups excluding carboxylic acids is 1. The molecule has 0 amide bonds. The lowest BCUT2D eigenvalue weighted by atomic mass is 10.2. The molecular weight excluding hydrogens is 184 g/mol. The Balaban J connectivity index is 2.26. The topological polar surface area (TPSA) is 32.7 Å². The van der Waals surface area contributed by atoms with Crippen molar-refractivity contribution >= 4 is 25.0 Å². The maximum atomic E-state index is 10.6. The number of hydrogen-bond donors (Lipinski definition) is 0. The summed E-state index contributed by atoms with van der Waals surface area (Å²) in [6.07, 6.45) is 4.79. The zero-order valence-electron chi connectivity index (χ0n) is 7.82. The maximum absolute atomic E-state index is 10.6. The molecule has 0 saturated carbocycles. The molecule has 1 atom stereocenters. The van der Waals surface area contributed by atoms with E-state index >= 15 is 0 Å². The third-order valence-electron chi connectivity index (χ3n) is 2.06. The summed E-state index contributed by atoms with van der Waals surface area (Å²) < 4.78 is 2.27. The first-order valence-corrected chi connectivity index (χ1v) is 5.50. The van der Waals surface area contributed by atoms with E-state index < -0.39 is 0 Å². The molecule has 0 aromatic carbocycles. The Labute approximate surface area is 83.7 Å². The van der Waals surface area contributed by atoms with Gasteiger partial charge in [0, 0.05) is 13.1 Å². The van der Waals surface area contributed by atoms with E-state index in [1.165, 1.54) is 19.3 Å². The molecule has 3 nitrogen and oxygen atoms in total. The number of carbonyl (C=O) groups is 1. The van der Waals surface area contributed by atoms with Crippen molar-refractivity contribution < 1.29 is 4.79 Å². The molecule has 1 aliphatic rings. The third kappa shape index (κ3) is 3.91. The summed E-state index contributed by atoms with van der Waals surface area (Å²) in [7, 11) is 0. The number of aliphatic imine (C=N–C) groups is 1. The van der Waals surface area contributed by atoms with Crippen LogP contribution in [0, 0.1) is 0 Å². The molecule has 0 aromatic heterocycles. The minimum absolute atomic E-state index is 0.0319. The summed E-state index contributed by atoms with van der Waals surface area (Å²) in [6, 6.07) is 0. The smallest absolute Gasteiger partial charge is 0.136 e. The highest BCUT2D eigenvalue weighted by Crippen LogP contribution is 2.21. The molecule has 0 radical (unpaired) electrons. The van der Waals surface area contributed by atoms with Gasteiger partial charge in [0.25, 0.3) is 0 Å². The molecule has 1 aliphatic heterocycles. The van der Waals surface area contributed by atoms with Crippen LogP contribution in [0.4, 0.5) is 0 Å². The summed E-state index contributed by atoms with van der Waals surface area (Å²) in [4.78, 5) is 14.4. The summed E-state index contributed by atoms with van der Waals surface area (Å²) >= 11 is 1.62. The molecule has 0 N–H and O–H groups in total.